The monoisotopic (exact) mass is 203 g/mol. The molecule has 0 amide bonds. The Labute approximate surface area is 90.1 Å². The third-order valence-electron chi connectivity index (χ3n) is 2.88. The number of anilines is 1. The van der Waals surface area contributed by atoms with Crippen molar-refractivity contribution in [2.75, 3.05) is 11.4 Å². The molecule has 0 spiro atoms. The van der Waals surface area contributed by atoms with Crippen LogP contribution in [0.4, 0.5) is 5.69 Å². The van der Waals surface area contributed by atoms with Crippen molar-refractivity contribution < 1.29 is 4.79 Å². The molecule has 1 aromatic heterocycles. The van der Waals surface area contributed by atoms with E-state index in [1.165, 1.54) is 0 Å². The van der Waals surface area contributed by atoms with E-state index >= 15 is 0 Å². The van der Waals surface area contributed by atoms with Crippen LogP contribution in [0.2, 0.25) is 0 Å². The third kappa shape index (κ3) is 2.17. The minimum Gasteiger partial charge on any atom is -0.360 e. The van der Waals surface area contributed by atoms with Crippen LogP contribution in [0.3, 0.4) is 0 Å². The molecule has 1 saturated heterocycles. The van der Waals surface area contributed by atoms with Crippen LogP contribution in [0, 0.1) is 6.20 Å². The summed E-state index contributed by atoms with van der Waals surface area (Å²) in [6, 6.07) is 3.88. The number of hydrogen-bond donors (Lipinski definition) is 0. The number of piperidine rings is 1. The molecule has 0 saturated carbocycles. The van der Waals surface area contributed by atoms with Crippen molar-refractivity contribution in [2.45, 2.75) is 32.2 Å². The normalized spacial score (nSPS) is 21.4. The number of carbonyl (C=O) groups excluding carboxylic acids is 1. The predicted octanol–water partition coefficient (Wildman–Crippen LogP) is 1.83. The highest BCUT2D eigenvalue weighted by atomic mass is 16.1. The molecule has 1 atom stereocenters. The van der Waals surface area contributed by atoms with Gasteiger partial charge in [-0.15, -0.1) is 0 Å². The molecule has 3 nitrogen and oxygen atoms in total. The van der Waals surface area contributed by atoms with Crippen molar-refractivity contribution in [3.05, 3.63) is 24.5 Å². The smallest absolute Gasteiger partial charge is 0.152 e. The maximum absolute atomic E-state index is 11.5. The molecule has 3 heteroatoms. The van der Waals surface area contributed by atoms with Crippen molar-refractivity contribution >= 4 is 11.5 Å². The molecule has 1 fully saturated rings. The van der Waals surface area contributed by atoms with Crippen molar-refractivity contribution in [3.63, 3.8) is 0 Å². The summed E-state index contributed by atoms with van der Waals surface area (Å²) >= 11 is 0. The van der Waals surface area contributed by atoms with Crippen molar-refractivity contribution in [2.24, 2.45) is 0 Å². The zero-order chi connectivity index (χ0) is 10.7. The first-order valence-corrected chi connectivity index (χ1v) is 5.39. The van der Waals surface area contributed by atoms with Crippen LogP contribution in [0.15, 0.2) is 18.3 Å². The molecule has 1 aromatic rings. The van der Waals surface area contributed by atoms with Crippen LogP contribution in [0.25, 0.3) is 0 Å². The molecule has 1 unspecified atom stereocenters. The fraction of sp³-hybridized carbons (Fsp3) is 0.500. The first-order chi connectivity index (χ1) is 7.29. The summed E-state index contributed by atoms with van der Waals surface area (Å²) in [4.78, 5) is 17.6. The zero-order valence-corrected chi connectivity index (χ0v) is 8.94. The van der Waals surface area contributed by atoms with E-state index in [4.69, 9.17) is 0 Å². The second-order valence-corrected chi connectivity index (χ2v) is 3.95. The molecule has 2 heterocycles. The lowest BCUT2D eigenvalue weighted by atomic mass is 9.98. The SMILES string of the molecule is CC(=O)C1CCCCN1c1[c]nccc1. The maximum Gasteiger partial charge on any atom is 0.152 e. The van der Waals surface area contributed by atoms with Gasteiger partial charge in [-0.25, -0.2) is 0 Å². The Hall–Kier alpha value is -1.38. The summed E-state index contributed by atoms with van der Waals surface area (Å²) in [6.07, 6.45) is 7.89. The number of hydrogen-bond acceptors (Lipinski definition) is 3. The Morgan fingerprint density at radius 1 is 1.60 bits per heavy atom. The first kappa shape index (κ1) is 10.1. The molecule has 0 aliphatic carbocycles. The van der Waals surface area contributed by atoms with Gasteiger partial charge in [0.2, 0.25) is 0 Å². The number of aromatic nitrogens is 1. The van der Waals surface area contributed by atoms with E-state index in [0.29, 0.717) is 0 Å². The number of pyridine rings is 1. The summed E-state index contributed by atoms with van der Waals surface area (Å²) < 4.78 is 0. The summed E-state index contributed by atoms with van der Waals surface area (Å²) in [6.45, 7) is 2.60. The topological polar surface area (TPSA) is 33.2 Å². The highest BCUT2D eigenvalue weighted by Gasteiger charge is 2.26. The molecule has 1 aliphatic rings. The lowest BCUT2D eigenvalue weighted by molar-refractivity contribution is -0.118. The van der Waals surface area contributed by atoms with E-state index in [1.54, 1.807) is 13.1 Å². The van der Waals surface area contributed by atoms with Gasteiger partial charge in [0.25, 0.3) is 0 Å². The Balaban J connectivity index is 2.22. The van der Waals surface area contributed by atoms with Crippen LogP contribution < -0.4 is 4.90 Å². The number of nitrogens with zero attached hydrogens (tertiary/aromatic N) is 2. The quantitative estimate of drug-likeness (QED) is 0.735. The van der Waals surface area contributed by atoms with Crippen molar-refractivity contribution in [1.82, 2.24) is 4.98 Å². The second kappa shape index (κ2) is 4.43. The molecular formula is C12H15N2O. The van der Waals surface area contributed by atoms with Gasteiger partial charge in [0.15, 0.2) is 5.78 Å². The highest BCUT2D eigenvalue weighted by Crippen LogP contribution is 2.23. The minimum absolute atomic E-state index is 0.0270. The fourth-order valence-corrected chi connectivity index (χ4v) is 2.12. The lowest BCUT2D eigenvalue weighted by Gasteiger charge is -2.35. The molecule has 1 aliphatic heterocycles. The van der Waals surface area contributed by atoms with Gasteiger partial charge < -0.3 is 4.90 Å². The molecule has 15 heavy (non-hydrogen) atoms. The predicted molar refractivity (Wildman–Crippen MR) is 58.7 cm³/mol. The average Bonchev–Trinajstić information content (AvgIpc) is 2.30. The number of Topliss-reactive ketones (excluding diaryl/α,β-unsaturated/α-hetero) is 1. The Morgan fingerprint density at radius 2 is 2.47 bits per heavy atom. The molecule has 0 N–H and O–H groups in total. The first-order valence-electron chi connectivity index (χ1n) is 5.39. The molecular weight excluding hydrogens is 188 g/mol. The molecule has 79 valence electrons. The Kier molecular flexibility index (Phi) is 2.99. The van der Waals surface area contributed by atoms with Gasteiger partial charge in [0.1, 0.15) is 6.20 Å². The van der Waals surface area contributed by atoms with Crippen LogP contribution in [0.5, 0.6) is 0 Å². The standard InChI is InChI=1S/C12H15N2O/c1-10(15)12-6-2-3-8-14(12)11-5-4-7-13-9-11/h4-5,7,12H,2-3,6,8H2,1H3. The fourth-order valence-electron chi connectivity index (χ4n) is 2.12. The van der Waals surface area contributed by atoms with E-state index in [2.05, 4.69) is 16.1 Å². The second-order valence-electron chi connectivity index (χ2n) is 3.95. The third-order valence-corrected chi connectivity index (χ3v) is 2.88. The van der Waals surface area contributed by atoms with Crippen LogP contribution in [-0.4, -0.2) is 23.4 Å². The van der Waals surface area contributed by atoms with Crippen molar-refractivity contribution in [3.8, 4) is 0 Å². The van der Waals surface area contributed by atoms with Crippen LogP contribution in [0.1, 0.15) is 26.2 Å². The molecule has 1 radical (unpaired) electrons. The zero-order valence-electron chi connectivity index (χ0n) is 8.94. The van der Waals surface area contributed by atoms with Gasteiger partial charge in [-0.05, 0) is 38.3 Å². The van der Waals surface area contributed by atoms with E-state index in [-0.39, 0.29) is 11.8 Å². The lowest BCUT2D eigenvalue weighted by Crippen LogP contribution is -2.44. The van der Waals surface area contributed by atoms with Gasteiger partial charge in [-0.1, -0.05) is 0 Å². The summed E-state index contributed by atoms with van der Waals surface area (Å²) in [5, 5.41) is 0. The molecule has 0 bridgehead atoms. The van der Waals surface area contributed by atoms with Crippen molar-refractivity contribution in [1.29, 1.82) is 0 Å². The Bertz CT molecular complexity index is 337. The van der Waals surface area contributed by atoms with E-state index in [9.17, 15) is 4.79 Å². The maximum atomic E-state index is 11.5. The van der Waals surface area contributed by atoms with Crippen LogP contribution >= 0.6 is 0 Å². The minimum atomic E-state index is 0.0270. The molecule has 0 aromatic carbocycles. The summed E-state index contributed by atoms with van der Waals surface area (Å²) in [5.74, 6) is 0.243. The van der Waals surface area contributed by atoms with Gasteiger partial charge >= 0.3 is 0 Å². The summed E-state index contributed by atoms with van der Waals surface area (Å²) in [5.41, 5.74) is 0.942. The van der Waals surface area contributed by atoms with Gasteiger partial charge in [-0.3, -0.25) is 9.78 Å². The summed E-state index contributed by atoms with van der Waals surface area (Å²) in [7, 11) is 0. The van der Waals surface area contributed by atoms with Gasteiger partial charge in [-0.2, -0.15) is 0 Å². The number of ketones is 1. The van der Waals surface area contributed by atoms with Crippen LogP contribution in [-0.2, 0) is 4.79 Å². The van der Waals surface area contributed by atoms with E-state index in [1.807, 2.05) is 12.1 Å². The highest BCUT2D eigenvalue weighted by molar-refractivity contribution is 5.85. The van der Waals surface area contributed by atoms with Gasteiger partial charge in [0, 0.05) is 12.7 Å². The van der Waals surface area contributed by atoms with E-state index in [0.717, 1.165) is 31.5 Å². The van der Waals surface area contributed by atoms with E-state index < -0.39 is 0 Å². The average molecular weight is 203 g/mol. The largest absolute Gasteiger partial charge is 0.360 e. The molecule has 2 rings (SSSR count). The number of rotatable bonds is 2. The Morgan fingerprint density at radius 3 is 3.13 bits per heavy atom. The van der Waals surface area contributed by atoms with Gasteiger partial charge in [0.05, 0.1) is 11.7 Å². The number of carbonyl (C=O) groups is 1.